The van der Waals surface area contributed by atoms with E-state index >= 15 is 0 Å². The average molecular weight is 484 g/mol. The van der Waals surface area contributed by atoms with Crippen LogP contribution in [-0.4, -0.2) is 50.7 Å². The van der Waals surface area contributed by atoms with Gasteiger partial charge in [-0.15, -0.1) is 0 Å². The molecule has 0 aliphatic rings. The van der Waals surface area contributed by atoms with Crippen LogP contribution in [0, 0.1) is 0 Å². The number of ether oxygens (including phenoxy) is 2. The molecule has 0 fully saturated rings. The molecular formula is C24H25N3O6S. The Hall–Kier alpha value is -3.89. The Morgan fingerprint density at radius 3 is 2.38 bits per heavy atom. The minimum atomic E-state index is -3.99. The molecule has 0 saturated carbocycles. The normalized spacial score (nSPS) is 11.5. The fraction of sp³-hybridized carbons (Fsp3) is 0.167. The van der Waals surface area contributed by atoms with Gasteiger partial charge in [0.25, 0.3) is 5.91 Å². The zero-order valence-electron chi connectivity index (χ0n) is 18.7. The van der Waals surface area contributed by atoms with Gasteiger partial charge in [0.1, 0.15) is 5.75 Å². The van der Waals surface area contributed by atoms with E-state index in [0.29, 0.717) is 11.3 Å². The van der Waals surface area contributed by atoms with Gasteiger partial charge in [0.05, 0.1) is 31.9 Å². The van der Waals surface area contributed by atoms with Gasteiger partial charge in [-0.2, -0.15) is 9.41 Å². The molecule has 0 aliphatic carbocycles. The lowest BCUT2D eigenvalue weighted by Crippen LogP contribution is -2.39. The van der Waals surface area contributed by atoms with E-state index in [-0.39, 0.29) is 22.9 Å². The standard InChI is InChI=1S/C24H25N3O6S/c1-32-20-9-11-21(12-10-20)34(30,31)27(16-18-6-4-3-5-7-18)17-24(29)26-25-15-19-8-13-22(28)23(14-19)33-2/h3-15,28H,16-17H2,1-2H3,(H,26,29)/b25-15-. The molecule has 0 radical (unpaired) electrons. The molecule has 0 spiro atoms. The Morgan fingerprint density at radius 2 is 1.74 bits per heavy atom. The quantitative estimate of drug-likeness (QED) is 0.338. The Labute approximate surface area is 198 Å². The van der Waals surface area contributed by atoms with Gasteiger partial charge >= 0.3 is 0 Å². The molecule has 3 rings (SSSR count). The third-order valence-corrected chi connectivity index (χ3v) is 6.63. The van der Waals surface area contributed by atoms with Crippen molar-refractivity contribution in [3.05, 3.63) is 83.9 Å². The number of rotatable bonds is 10. The average Bonchev–Trinajstić information content (AvgIpc) is 2.85. The number of phenolic OH excluding ortho intramolecular Hbond substituents is 1. The van der Waals surface area contributed by atoms with Crippen LogP contribution < -0.4 is 14.9 Å². The van der Waals surface area contributed by atoms with Gasteiger partial charge in [-0.3, -0.25) is 4.79 Å². The first-order chi connectivity index (χ1) is 16.3. The molecule has 9 nitrogen and oxygen atoms in total. The number of hydrazone groups is 1. The molecule has 0 heterocycles. The van der Waals surface area contributed by atoms with E-state index in [4.69, 9.17) is 9.47 Å². The van der Waals surface area contributed by atoms with E-state index in [9.17, 15) is 18.3 Å². The summed E-state index contributed by atoms with van der Waals surface area (Å²) in [6, 6.07) is 19.5. The Balaban J connectivity index is 1.77. The minimum absolute atomic E-state index is 0.00149. The van der Waals surface area contributed by atoms with Crippen molar-refractivity contribution in [2.24, 2.45) is 5.10 Å². The predicted octanol–water partition coefficient (Wildman–Crippen LogP) is 2.75. The fourth-order valence-electron chi connectivity index (χ4n) is 3.06. The number of carbonyl (C=O) groups is 1. The van der Waals surface area contributed by atoms with Crippen LogP contribution in [-0.2, 0) is 21.4 Å². The molecule has 3 aromatic rings. The van der Waals surface area contributed by atoms with Crippen molar-refractivity contribution in [2.45, 2.75) is 11.4 Å². The topological polar surface area (TPSA) is 118 Å². The summed E-state index contributed by atoms with van der Waals surface area (Å²) < 4.78 is 37.8. The highest BCUT2D eigenvalue weighted by Gasteiger charge is 2.27. The number of nitrogens with zero attached hydrogens (tertiary/aromatic N) is 2. The van der Waals surface area contributed by atoms with Gasteiger partial charge in [0, 0.05) is 6.54 Å². The summed E-state index contributed by atoms with van der Waals surface area (Å²) in [5.41, 5.74) is 3.64. The first kappa shape index (κ1) is 24.7. The summed E-state index contributed by atoms with van der Waals surface area (Å²) >= 11 is 0. The minimum Gasteiger partial charge on any atom is -0.504 e. The molecule has 3 aromatic carbocycles. The van der Waals surface area contributed by atoms with E-state index in [2.05, 4.69) is 10.5 Å². The SMILES string of the molecule is COc1ccc(S(=O)(=O)N(CC(=O)N/N=C\c2ccc(O)c(OC)c2)Cc2ccccc2)cc1. The third kappa shape index (κ3) is 6.33. The van der Waals surface area contributed by atoms with Crippen LogP contribution in [0.5, 0.6) is 17.2 Å². The molecule has 0 aromatic heterocycles. The molecule has 0 aliphatic heterocycles. The number of hydrogen-bond acceptors (Lipinski definition) is 7. The highest BCUT2D eigenvalue weighted by atomic mass is 32.2. The Morgan fingerprint density at radius 1 is 1.03 bits per heavy atom. The van der Waals surface area contributed by atoms with Crippen molar-refractivity contribution < 1.29 is 27.8 Å². The largest absolute Gasteiger partial charge is 0.504 e. The number of hydrogen-bond donors (Lipinski definition) is 2. The maximum Gasteiger partial charge on any atom is 0.255 e. The van der Waals surface area contributed by atoms with E-state index in [1.807, 2.05) is 6.07 Å². The Kier molecular flexibility index (Phi) is 8.23. The maximum atomic E-state index is 13.3. The molecular weight excluding hydrogens is 458 g/mol. The van der Waals surface area contributed by atoms with Crippen molar-refractivity contribution in [2.75, 3.05) is 20.8 Å². The van der Waals surface area contributed by atoms with E-state index in [1.165, 1.54) is 38.6 Å². The summed E-state index contributed by atoms with van der Waals surface area (Å²) in [5, 5.41) is 13.5. The molecule has 0 atom stereocenters. The van der Waals surface area contributed by atoms with Crippen LogP contribution in [0.1, 0.15) is 11.1 Å². The lowest BCUT2D eigenvalue weighted by atomic mass is 10.2. The van der Waals surface area contributed by atoms with Crippen LogP contribution >= 0.6 is 0 Å². The maximum absolute atomic E-state index is 13.3. The predicted molar refractivity (Wildman–Crippen MR) is 127 cm³/mol. The zero-order chi connectivity index (χ0) is 24.6. The number of benzene rings is 3. The van der Waals surface area contributed by atoms with Gasteiger partial charge in [0.15, 0.2) is 11.5 Å². The van der Waals surface area contributed by atoms with Gasteiger partial charge in [-0.1, -0.05) is 30.3 Å². The Bertz CT molecular complexity index is 1250. The number of nitrogens with one attached hydrogen (secondary N) is 1. The van der Waals surface area contributed by atoms with Gasteiger partial charge in [-0.25, -0.2) is 13.8 Å². The summed E-state index contributed by atoms with van der Waals surface area (Å²) in [4.78, 5) is 12.6. The summed E-state index contributed by atoms with van der Waals surface area (Å²) in [5.74, 6) is 0.139. The highest BCUT2D eigenvalue weighted by molar-refractivity contribution is 7.89. The second-order valence-electron chi connectivity index (χ2n) is 7.16. The van der Waals surface area contributed by atoms with Crippen LogP contribution in [0.3, 0.4) is 0 Å². The lowest BCUT2D eigenvalue weighted by Gasteiger charge is -2.21. The first-order valence-electron chi connectivity index (χ1n) is 10.2. The van der Waals surface area contributed by atoms with Crippen LogP contribution in [0.2, 0.25) is 0 Å². The number of amides is 1. The van der Waals surface area contributed by atoms with Crippen molar-refractivity contribution >= 4 is 22.1 Å². The molecule has 0 bridgehead atoms. The van der Waals surface area contributed by atoms with Crippen molar-refractivity contribution in [1.82, 2.24) is 9.73 Å². The molecule has 1 amide bonds. The number of sulfonamides is 1. The highest BCUT2D eigenvalue weighted by Crippen LogP contribution is 2.25. The second-order valence-corrected chi connectivity index (χ2v) is 9.10. The lowest BCUT2D eigenvalue weighted by molar-refractivity contribution is -0.121. The van der Waals surface area contributed by atoms with E-state index < -0.39 is 22.5 Å². The summed E-state index contributed by atoms with van der Waals surface area (Å²) in [7, 11) is -1.08. The number of methoxy groups -OCH3 is 2. The number of aromatic hydroxyl groups is 1. The molecule has 10 heteroatoms. The van der Waals surface area contributed by atoms with Gasteiger partial charge < -0.3 is 14.6 Å². The number of carbonyl (C=O) groups excluding carboxylic acids is 1. The van der Waals surface area contributed by atoms with Crippen molar-refractivity contribution in [1.29, 1.82) is 0 Å². The summed E-state index contributed by atoms with van der Waals surface area (Å²) in [6.45, 7) is -0.443. The smallest absolute Gasteiger partial charge is 0.255 e. The summed E-state index contributed by atoms with van der Waals surface area (Å²) in [6.07, 6.45) is 1.36. The van der Waals surface area contributed by atoms with Gasteiger partial charge in [-0.05, 0) is 53.6 Å². The van der Waals surface area contributed by atoms with Crippen LogP contribution in [0.15, 0.2) is 82.8 Å². The van der Waals surface area contributed by atoms with E-state index in [1.54, 1.807) is 48.5 Å². The van der Waals surface area contributed by atoms with E-state index in [0.717, 1.165) is 9.87 Å². The van der Waals surface area contributed by atoms with Crippen LogP contribution in [0.25, 0.3) is 0 Å². The fourth-order valence-corrected chi connectivity index (χ4v) is 4.44. The number of phenols is 1. The van der Waals surface area contributed by atoms with Crippen molar-refractivity contribution in [3.63, 3.8) is 0 Å². The van der Waals surface area contributed by atoms with Crippen LogP contribution in [0.4, 0.5) is 0 Å². The molecule has 0 unspecified atom stereocenters. The second kappa shape index (κ2) is 11.3. The van der Waals surface area contributed by atoms with Crippen molar-refractivity contribution in [3.8, 4) is 17.2 Å². The molecule has 2 N–H and O–H groups in total. The zero-order valence-corrected chi connectivity index (χ0v) is 19.5. The molecule has 178 valence electrons. The van der Waals surface area contributed by atoms with Gasteiger partial charge in [0.2, 0.25) is 10.0 Å². The first-order valence-corrected chi connectivity index (χ1v) is 11.6. The molecule has 34 heavy (non-hydrogen) atoms. The molecule has 0 saturated heterocycles. The third-order valence-electron chi connectivity index (χ3n) is 4.83. The monoisotopic (exact) mass is 483 g/mol.